The van der Waals surface area contributed by atoms with Gasteiger partial charge in [0.2, 0.25) is 5.95 Å². The van der Waals surface area contributed by atoms with Crippen LogP contribution in [0, 0.1) is 0 Å². The normalized spacial score (nSPS) is 22.3. The van der Waals surface area contributed by atoms with Crippen LogP contribution in [0.3, 0.4) is 0 Å². The van der Waals surface area contributed by atoms with Crippen LogP contribution in [0.1, 0.15) is 64.7 Å². The Morgan fingerprint density at radius 2 is 1.84 bits per heavy atom. The van der Waals surface area contributed by atoms with Crippen LogP contribution in [0.2, 0.25) is 5.15 Å². The molecule has 3 rings (SSSR count). The predicted molar refractivity (Wildman–Crippen MR) is 109 cm³/mol. The first kappa shape index (κ1) is 18.6. The zero-order chi connectivity index (χ0) is 17.6. The summed E-state index contributed by atoms with van der Waals surface area (Å²) in [6, 6.07) is 2.77. The molecule has 1 aromatic rings. The second-order valence-electron chi connectivity index (χ2n) is 7.20. The SMILES string of the molecule is C[C@H]1CCCCN1c1cc(Cl)nc(NC(=S)NC2CCCCCC2)n1. The lowest BCUT2D eigenvalue weighted by Crippen LogP contribution is -2.39. The summed E-state index contributed by atoms with van der Waals surface area (Å²) in [5.41, 5.74) is 0. The van der Waals surface area contributed by atoms with Gasteiger partial charge in [-0.15, -0.1) is 0 Å². The molecule has 7 heteroatoms. The molecule has 0 bridgehead atoms. The van der Waals surface area contributed by atoms with E-state index in [4.69, 9.17) is 23.8 Å². The van der Waals surface area contributed by atoms with E-state index >= 15 is 0 Å². The van der Waals surface area contributed by atoms with Gasteiger partial charge in [0.05, 0.1) is 0 Å². The summed E-state index contributed by atoms with van der Waals surface area (Å²) in [4.78, 5) is 11.3. The average Bonchev–Trinajstić information content (AvgIpc) is 2.83. The Kier molecular flexibility index (Phi) is 6.70. The molecule has 0 radical (unpaired) electrons. The highest BCUT2D eigenvalue weighted by atomic mass is 35.5. The monoisotopic (exact) mass is 381 g/mol. The lowest BCUT2D eigenvalue weighted by molar-refractivity contribution is 0.481. The van der Waals surface area contributed by atoms with Gasteiger partial charge in [0, 0.05) is 24.7 Å². The maximum atomic E-state index is 6.23. The van der Waals surface area contributed by atoms with Crippen LogP contribution in [0.25, 0.3) is 0 Å². The highest BCUT2D eigenvalue weighted by molar-refractivity contribution is 7.80. The Morgan fingerprint density at radius 1 is 1.12 bits per heavy atom. The third kappa shape index (κ3) is 5.42. The third-order valence-corrected chi connectivity index (χ3v) is 5.61. The van der Waals surface area contributed by atoms with E-state index in [1.165, 1.54) is 57.8 Å². The standard InChI is InChI=1S/C18H28ClN5S/c1-13-8-6-7-11-24(13)16-12-15(19)21-17(22-16)23-18(25)20-14-9-4-2-3-5-10-14/h12-14H,2-11H2,1H3,(H2,20,21,22,23,25)/t13-/m0/s1. The van der Waals surface area contributed by atoms with E-state index in [1.807, 2.05) is 6.07 Å². The predicted octanol–water partition coefficient (Wildman–Crippen LogP) is 4.52. The molecule has 138 valence electrons. The Balaban J connectivity index is 1.64. The number of thiocarbonyl (C=S) groups is 1. The number of nitrogens with one attached hydrogen (secondary N) is 2. The lowest BCUT2D eigenvalue weighted by atomic mass is 10.0. The Labute approximate surface area is 160 Å². The molecule has 1 saturated heterocycles. The van der Waals surface area contributed by atoms with Crippen molar-refractivity contribution in [3.05, 3.63) is 11.2 Å². The topological polar surface area (TPSA) is 53.1 Å². The van der Waals surface area contributed by atoms with Crippen molar-refractivity contribution in [2.75, 3.05) is 16.8 Å². The second-order valence-corrected chi connectivity index (χ2v) is 7.99. The van der Waals surface area contributed by atoms with E-state index in [0.717, 1.165) is 12.4 Å². The minimum atomic E-state index is 0.447. The first-order valence-electron chi connectivity index (χ1n) is 9.50. The van der Waals surface area contributed by atoms with Gasteiger partial charge in [-0.05, 0) is 51.2 Å². The molecule has 1 atom stereocenters. The van der Waals surface area contributed by atoms with E-state index in [0.29, 0.717) is 28.3 Å². The number of nitrogens with zero attached hydrogens (tertiary/aromatic N) is 3. The second kappa shape index (κ2) is 8.99. The number of rotatable bonds is 3. The Morgan fingerprint density at radius 3 is 2.56 bits per heavy atom. The van der Waals surface area contributed by atoms with Gasteiger partial charge in [0.25, 0.3) is 0 Å². The fourth-order valence-corrected chi connectivity index (χ4v) is 4.23. The summed E-state index contributed by atoms with van der Waals surface area (Å²) in [6.07, 6.45) is 11.2. The number of hydrogen-bond acceptors (Lipinski definition) is 4. The van der Waals surface area contributed by atoms with Crippen molar-refractivity contribution in [1.29, 1.82) is 0 Å². The lowest BCUT2D eigenvalue weighted by Gasteiger charge is -2.34. The van der Waals surface area contributed by atoms with Crippen LogP contribution in [-0.2, 0) is 0 Å². The van der Waals surface area contributed by atoms with Crippen molar-refractivity contribution in [3.63, 3.8) is 0 Å². The zero-order valence-electron chi connectivity index (χ0n) is 14.9. The minimum Gasteiger partial charge on any atom is -0.360 e. The van der Waals surface area contributed by atoms with Crippen molar-refractivity contribution in [3.8, 4) is 0 Å². The van der Waals surface area contributed by atoms with Gasteiger partial charge >= 0.3 is 0 Å². The number of hydrogen-bond donors (Lipinski definition) is 2. The molecule has 2 aliphatic rings. The van der Waals surface area contributed by atoms with E-state index in [1.54, 1.807) is 0 Å². The average molecular weight is 382 g/mol. The molecule has 25 heavy (non-hydrogen) atoms. The van der Waals surface area contributed by atoms with Gasteiger partial charge in [-0.25, -0.2) is 4.98 Å². The molecule has 0 unspecified atom stereocenters. The summed E-state index contributed by atoms with van der Waals surface area (Å²) in [5.74, 6) is 1.36. The van der Waals surface area contributed by atoms with Crippen molar-refractivity contribution in [2.24, 2.45) is 0 Å². The fourth-order valence-electron chi connectivity index (χ4n) is 3.79. The fraction of sp³-hybridized carbons (Fsp3) is 0.722. The summed E-state index contributed by atoms with van der Waals surface area (Å²) < 4.78 is 0. The highest BCUT2D eigenvalue weighted by Crippen LogP contribution is 2.25. The molecule has 0 aromatic carbocycles. The smallest absolute Gasteiger partial charge is 0.232 e. The maximum Gasteiger partial charge on any atom is 0.232 e. The van der Waals surface area contributed by atoms with Crippen LogP contribution in [0.5, 0.6) is 0 Å². The first-order chi connectivity index (χ1) is 12.1. The van der Waals surface area contributed by atoms with Crippen LogP contribution in [-0.4, -0.2) is 33.7 Å². The van der Waals surface area contributed by atoms with Gasteiger partial charge in [0.15, 0.2) is 5.11 Å². The van der Waals surface area contributed by atoms with Crippen molar-refractivity contribution in [2.45, 2.75) is 76.8 Å². The molecule has 1 aliphatic carbocycles. The molecule has 0 spiro atoms. The largest absolute Gasteiger partial charge is 0.360 e. The quantitative estimate of drug-likeness (QED) is 0.456. The van der Waals surface area contributed by atoms with E-state index in [-0.39, 0.29) is 0 Å². The third-order valence-electron chi connectivity index (χ3n) is 5.19. The van der Waals surface area contributed by atoms with Crippen LogP contribution >= 0.6 is 23.8 Å². The van der Waals surface area contributed by atoms with E-state index < -0.39 is 0 Å². The Hall–Kier alpha value is -1.14. The number of halogens is 1. The molecule has 5 nitrogen and oxygen atoms in total. The van der Waals surface area contributed by atoms with Gasteiger partial charge in [-0.3, -0.25) is 0 Å². The molecule has 2 N–H and O–H groups in total. The van der Waals surface area contributed by atoms with Gasteiger partial charge in [0.1, 0.15) is 11.0 Å². The van der Waals surface area contributed by atoms with Crippen LogP contribution < -0.4 is 15.5 Å². The zero-order valence-corrected chi connectivity index (χ0v) is 16.5. The number of aromatic nitrogens is 2. The van der Waals surface area contributed by atoms with Crippen molar-refractivity contribution < 1.29 is 0 Å². The molecule has 0 amide bonds. The van der Waals surface area contributed by atoms with Crippen LogP contribution in [0.15, 0.2) is 6.07 Å². The molecule has 1 aromatic heterocycles. The van der Waals surface area contributed by atoms with Gasteiger partial charge in [-0.1, -0.05) is 37.3 Å². The van der Waals surface area contributed by atoms with Gasteiger partial charge < -0.3 is 15.5 Å². The van der Waals surface area contributed by atoms with Gasteiger partial charge in [-0.2, -0.15) is 4.98 Å². The number of anilines is 2. The van der Waals surface area contributed by atoms with Crippen molar-refractivity contribution in [1.82, 2.24) is 15.3 Å². The maximum absolute atomic E-state index is 6.23. The molecule has 1 saturated carbocycles. The first-order valence-corrected chi connectivity index (χ1v) is 10.3. The van der Waals surface area contributed by atoms with E-state index in [2.05, 4.69) is 32.4 Å². The summed E-state index contributed by atoms with van der Waals surface area (Å²) >= 11 is 11.7. The highest BCUT2D eigenvalue weighted by Gasteiger charge is 2.21. The number of piperidine rings is 1. The molecule has 2 fully saturated rings. The molecular weight excluding hydrogens is 354 g/mol. The summed E-state index contributed by atoms with van der Waals surface area (Å²) in [7, 11) is 0. The van der Waals surface area contributed by atoms with E-state index in [9.17, 15) is 0 Å². The Bertz CT molecular complexity index is 589. The molecule has 1 aliphatic heterocycles. The van der Waals surface area contributed by atoms with Crippen molar-refractivity contribution >= 4 is 40.7 Å². The summed E-state index contributed by atoms with van der Waals surface area (Å²) in [6.45, 7) is 3.25. The van der Waals surface area contributed by atoms with Crippen LogP contribution in [0.4, 0.5) is 11.8 Å². The summed E-state index contributed by atoms with van der Waals surface area (Å²) in [5, 5.41) is 7.59. The minimum absolute atomic E-state index is 0.447. The molecule has 2 heterocycles. The molecular formula is C18H28ClN5S.